The van der Waals surface area contributed by atoms with Crippen molar-refractivity contribution in [3.05, 3.63) is 48.0 Å². The van der Waals surface area contributed by atoms with E-state index < -0.39 is 0 Å². The zero-order chi connectivity index (χ0) is 25.8. The van der Waals surface area contributed by atoms with Crippen LogP contribution in [0.15, 0.2) is 42.5 Å². The van der Waals surface area contributed by atoms with Gasteiger partial charge in [0.15, 0.2) is 11.5 Å². The molecule has 0 radical (unpaired) electrons. The molecule has 0 atom stereocenters. The lowest BCUT2D eigenvalue weighted by molar-refractivity contribution is 0.130. The first-order valence-electron chi connectivity index (χ1n) is 13.7. The average molecular weight is 504 g/mol. The summed E-state index contributed by atoms with van der Waals surface area (Å²) < 4.78 is 10.9. The normalized spacial score (nSPS) is 18.6. The number of likely N-dealkylation sites (tertiary alicyclic amines) is 1. The molecule has 2 aliphatic rings. The highest BCUT2D eigenvalue weighted by atomic mass is 16.5. The molecule has 2 aromatic carbocycles. The second-order valence-electron chi connectivity index (χ2n) is 10.9. The molecule has 0 spiro atoms. The number of benzene rings is 2. The first-order valence-corrected chi connectivity index (χ1v) is 13.7. The highest BCUT2D eigenvalue weighted by Crippen LogP contribution is 2.39. The number of nitrogens with two attached hydrogens (primary N) is 1. The molecule has 1 aliphatic carbocycles. The van der Waals surface area contributed by atoms with Crippen LogP contribution in [0.4, 0.5) is 11.8 Å². The van der Waals surface area contributed by atoms with Gasteiger partial charge in [0.2, 0.25) is 5.95 Å². The maximum Gasteiger partial charge on any atom is 0.227 e. The molecule has 0 bridgehead atoms. The maximum absolute atomic E-state index is 6.41. The highest BCUT2D eigenvalue weighted by molar-refractivity contribution is 5.91. The van der Waals surface area contributed by atoms with Gasteiger partial charge >= 0.3 is 0 Å². The Morgan fingerprint density at radius 3 is 2.32 bits per heavy atom. The molecular weight excluding hydrogens is 462 g/mol. The second kappa shape index (κ2) is 11.1. The summed E-state index contributed by atoms with van der Waals surface area (Å²) >= 11 is 0. The van der Waals surface area contributed by atoms with Crippen molar-refractivity contribution in [2.75, 3.05) is 58.1 Å². The van der Waals surface area contributed by atoms with Crippen LogP contribution in [0.2, 0.25) is 0 Å². The summed E-state index contributed by atoms with van der Waals surface area (Å²) in [5.41, 5.74) is 8.61. The fraction of sp³-hybridized carbons (Fsp3) is 0.533. The molecule has 2 heterocycles. The first-order chi connectivity index (χ1) is 18.0. The number of aromatic nitrogens is 2. The Labute approximate surface area is 221 Å². The zero-order valence-electron chi connectivity index (χ0n) is 22.6. The molecule has 1 aliphatic heterocycles. The van der Waals surface area contributed by atoms with Crippen molar-refractivity contribution in [1.29, 1.82) is 0 Å². The molecule has 3 aromatic rings. The van der Waals surface area contributed by atoms with Crippen LogP contribution in [0.5, 0.6) is 11.5 Å². The van der Waals surface area contributed by atoms with Gasteiger partial charge in [0.1, 0.15) is 5.82 Å². The highest BCUT2D eigenvalue weighted by Gasteiger charge is 2.38. The van der Waals surface area contributed by atoms with Crippen molar-refractivity contribution in [3.8, 4) is 11.5 Å². The third kappa shape index (κ3) is 5.47. The number of nitrogens with zero attached hydrogens (tertiary/aromatic N) is 4. The van der Waals surface area contributed by atoms with E-state index in [0.717, 1.165) is 49.3 Å². The number of hydrogen-bond donors (Lipinski definition) is 1. The molecule has 0 unspecified atom stereocenters. The van der Waals surface area contributed by atoms with Crippen LogP contribution in [0.3, 0.4) is 0 Å². The van der Waals surface area contributed by atoms with E-state index >= 15 is 0 Å². The molecular formula is C30H41N5O2. The molecule has 7 nitrogen and oxygen atoms in total. The minimum Gasteiger partial charge on any atom is -0.493 e. The number of hydrogen-bond acceptors (Lipinski definition) is 7. The minimum absolute atomic E-state index is 0.0454. The summed E-state index contributed by atoms with van der Waals surface area (Å²) in [7, 11) is 5.33. The molecule has 37 heavy (non-hydrogen) atoms. The topological polar surface area (TPSA) is 76.7 Å². The maximum atomic E-state index is 6.41. The summed E-state index contributed by atoms with van der Waals surface area (Å²) in [5, 5.41) is 0.767. The van der Waals surface area contributed by atoms with Crippen LogP contribution in [0.25, 0.3) is 10.9 Å². The monoisotopic (exact) mass is 503 g/mol. The first kappa shape index (κ1) is 25.6. The van der Waals surface area contributed by atoms with Gasteiger partial charge < -0.3 is 25.0 Å². The molecule has 7 heteroatoms. The predicted octanol–water partition coefficient (Wildman–Crippen LogP) is 5.28. The van der Waals surface area contributed by atoms with Gasteiger partial charge in [-0.3, -0.25) is 0 Å². The summed E-state index contributed by atoms with van der Waals surface area (Å²) in [6, 6.07) is 14.7. The number of methoxy groups -OCH3 is 2. The number of rotatable bonds is 8. The molecule has 2 N–H and O–H groups in total. The summed E-state index contributed by atoms with van der Waals surface area (Å²) in [6.45, 7) is 4.37. The minimum atomic E-state index is 0.0454. The van der Waals surface area contributed by atoms with Gasteiger partial charge in [-0.2, -0.15) is 4.98 Å². The third-order valence-electron chi connectivity index (χ3n) is 8.54. The van der Waals surface area contributed by atoms with Gasteiger partial charge in [-0.1, -0.05) is 49.6 Å². The van der Waals surface area contributed by atoms with E-state index in [-0.39, 0.29) is 5.41 Å². The SMILES string of the molecule is COc1cc2nc(N(C)CC3(c4ccccc4)CCN(CC4CCCCC4)CC3)nc(N)c2cc1OC. The molecule has 5 rings (SSSR count). The molecule has 1 aromatic heterocycles. The van der Waals surface area contributed by atoms with Gasteiger partial charge in [0.05, 0.1) is 19.7 Å². The van der Waals surface area contributed by atoms with Gasteiger partial charge in [0, 0.05) is 37.0 Å². The van der Waals surface area contributed by atoms with Crippen LogP contribution >= 0.6 is 0 Å². The summed E-state index contributed by atoms with van der Waals surface area (Å²) in [4.78, 5) is 14.5. The number of fused-ring (bicyclic) bond motifs is 1. The van der Waals surface area contributed by atoms with Crippen LogP contribution in [0, 0.1) is 5.92 Å². The largest absolute Gasteiger partial charge is 0.493 e. The summed E-state index contributed by atoms with van der Waals surface area (Å²) in [5.74, 6) is 3.22. The van der Waals surface area contributed by atoms with Gasteiger partial charge in [-0.05, 0) is 56.3 Å². The van der Waals surface area contributed by atoms with E-state index in [0.29, 0.717) is 23.3 Å². The van der Waals surface area contributed by atoms with Crippen molar-refractivity contribution in [1.82, 2.24) is 14.9 Å². The van der Waals surface area contributed by atoms with Crippen molar-refractivity contribution in [2.45, 2.75) is 50.4 Å². The Morgan fingerprint density at radius 2 is 1.65 bits per heavy atom. The van der Waals surface area contributed by atoms with Gasteiger partial charge in [-0.15, -0.1) is 0 Å². The van der Waals surface area contributed by atoms with E-state index in [1.54, 1.807) is 14.2 Å². The van der Waals surface area contributed by atoms with Crippen LogP contribution in [-0.2, 0) is 5.41 Å². The molecule has 0 amide bonds. The average Bonchev–Trinajstić information content (AvgIpc) is 2.94. The van der Waals surface area contributed by atoms with Crippen molar-refractivity contribution in [3.63, 3.8) is 0 Å². The van der Waals surface area contributed by atoms with Crippen molar-refractivity contribution >= 4 is 22.7 Å². The molecule has 198 valence electrons. The van der Waals surface area contributed by atoms with Gasteiger partial charge in [-0.25, -0.2) is 4.98 Å². The third-order valence-corrected chi connectivity index (χ3v) is 8.54. The van der Waals surface area contributed by atoms with Crippen LogP contribution in [-0.4, -0.2) is 62.3 Å². The summed E-state index contributed by atoms with van der Waals surface area (Å²) in [6.07, 6.45) is 9.29. The number of ether oxygens (including phenoxy) is 2. The van der Waals surface area contributed by atoms with Crippen molar-refractivity contribution in [2.24, 2.45) is 5.92 Å². The fourth-order valence-corrected chi connectivity index (χ4v) is 6.39. The van der Waals surface area contributed by atoms with Crippen molar-refractivity contribution < 1.29 is 9.47 Å². The lowest BCUT2D eigenvalue weighted by atomic mass is 9.72. The number of piperidine rings is 1. The fourth-order valence-electron chi connectivity index (χ4n) is 6.39. The smallest absolute Gasteiger partial charge is 0.227 e. The second-order valence-corrected chi connectivity index (χ2v) is 10.9. The molecule has 1 saturated heterocycles. The molecule has 1 saturated carbocycles. The van der Waals surface area contributed by atoms with Crippen LogP contribution in [0.1, 0.15) is 50.5 Å². The Kier molecular flexibility index (Phi) is 7.70. The zero-order valence-corrected chi connectivity index (χ0v) is 22.6. The van der Waals surface area contributed by atoms with E-state index in [2.05, 4.69) is 47.2 Å². The number of anilines is 2. The Hall–Kier alpha value is -3.06. The van der Waals surface area contributed by atoms with E-state index in [9.17, 15) is 0 Å². The molecule has 2 fully saturated rings. The van der Waals surface area contributed by atoms with E-state index in [4.69, 9.17) is 25.2 Å². The lowest BCUT2D eigenvalue weighted by Crippen LogP contribution is -2.49. The number of likely N-dealkylation sites (N-methyl/N-ethyl adjacent to an activating group) is 1. The quantitative estimate of drug-likeness (QED) is 0.448. The van der Waals surface area contributed by atoms with Gasteiger partial charge in [0.25, 0.3) is 0 Å². The van der Waals surface area contributed by atoms with Crippen LogP contribution < -0.4 is 20.1 Å². The number of nitrogen functional groups attached to an aromatic ring is 1. The van der Waals surface area contributed by atoms with E-state index in [1.165, 1.54) is 44.2 Å². The van der Waals surface area contributed by atoms with E-state index in [1.807, 2.05) is 12.1 Å². The lowest BCUT2D eigenvalue weighted by Gasteiger charge is -2.45. The predicted molar refractivity (Wildman–Crippen MR) is 151 cm³/mol. The Morgan fingerprint density at radius 1 is 0.973 bits per heavy atom. The standard InChI is InChI=1S/C30H41N5O2/c1-34(29-32-25-19-27(37-3)26(36-2)18-24(25)28(31)33-29)21-30(23-12-8-5-9-13-23)14-16-35(17-15-30)20-22-10-6-4-7-11-22/h5,8-9,12-13,18-19,22H,4,6-7,10-11,14-17,20-21H2,1-3H3,(H2,31,32,33). The Balaban J connectivity index is 1.38. The Bertz CT molecular complexity index is 1190.